The van der Waals surface area contributed by atoms with Gasteiger partial charge in [0.05, 0.1) is 5.69 Å². The van der Waals surface area contributed by atoms with Gasteiger partial charge in [0.2, 0.25) is 11.0 Å². The molecule has 6 nitrogen and oxygen atoms in total. The zero-order valence-electron chi connectivity index (χ0n) is 11.1. The first-order chi connectivity index (χ1) is 9.15. The maximum atomic E-state index is 10.8. The molecule has 0 saturated carbocycles. The summed E-state index contributed by atoms with van der Waals surface area (Å²) in [6.07, 6.45) is 3.37. The number of thiazole rings is 1. The fourth-order valence-corrected chi connectivity index (χ4v) is 2.13. The number of unbranched alkanes of at least 4 members (excludes halogenated alkanes) is 1. The lowest BCUT2D eigenvalue weighted by atomic mass is 10.2. The Morgan fingerprint density at radius 1 is 1.58 bits per heavy atom. The van der Waals surface area contributed by atoms with Gasteiger partial charge >= 0.3 is 0 Å². The lowest BCUT2D eigenvalue weighted by Crippen LogP contribution is -2.27. The molecule has 1 rings (SSSR count). The van der Waals surface area contributed by atoms with E-state index in [0.717, 1.165) is 31.4 Å². The molecule has 1 amide bonds. The summed E-state index contributed by atoms with van der Waals surface area (Å²) < 4.78 is 0. The number of aromatic nitrogens is 1. The highest BCUT2D eigenvalue weighted by Crippen LogP contribution is 2.20. The minimum Gasteiger partial charge on any atom is -0.387 e. The fourth-order valence-electron chi connectivity index (χ4n) is 1.38. The summed E-state index contributed by atoms with van der Waals surface area (Å²) >= 11 is 1.48. The number of aliphatic imine (C=N–C) groups is 1. The van der Waals surface area contributed by atoms with Crippen LogP contribution in [-0.2, 0) is 11.2 Å². The van der Waals surface area contributed by atoms with Crippen LogP contribution in [0.2, 0.25) is 0 Å². The van der Waals surface area contributed by atoms with Crippen LogP contribution in [0.4, 0.5) is 5.13 Å². The number of hydrogen-bond acceptors (Lipinski definition) is 5. The van der Waals surface area contributed by atoms with Gasteiger partial charge in [-0.1, -0.05) is 6.92 Å². The number of rotatable bonds is 8. The number of aryl methyl sites for hydroxylation is 1. The van der Waals surface area contributed by atoms with Crippen molar-refractivity contribution in [3.8, 4) is 0 Å². The van der Waals surface area contributed by atoms with E-state index in [0.29, 0.717) is 17.5 Å². The van der Waals surface area contributed by atoms with Gasteiger partial charge in [0.1, 0.15) is 12.4 Å². The van der Waals surface area contributed by atoms with Gasteiger partial charge in [0, 0.05) is 18.3 Å². The quantitative estimate of drug-likeness (QED) is 0.376. The molecular weight excluding hydrogens is 264 g/mol. The third-order valence-corrected chi connectivity index (χ3v) is 3.25. The van der Waals surface area contributed by atoms with E-state index in [-0.39, 0.29) is 5.91 Å². The average Bonchev–Trinajstić information content (AvgIpc) is 2.85. The van der Waals surface area contributed by atoms with Crippen LogP contribution in [0.5, 0.6) is 0 Å². The van der Waals surface area contributed by atoms with Crippen molar-refractivity contribution in [2.24, 2.45) is 10.7 Å². The molecule has 0 aliphatic rings. The summed E-state index contributed by atoms with van der Waals surface area (Å²) in [6, 6.07) is 0. The molecule has 0 spiro atoms. The van der Waals surface area contributed by atoms with Crippen molar-refractivity contribution in [2.75, 3.05) is 13.2 Å². The molecule has 0 bridgehead atoms. The molecule has 1 heterocycles. The summed E-state index contributed by atoms with van der Waals surface area (Å²) in [6.45, 7) is 2.08. The smallest absolute Gasteiger partial charge is 0.245 e. The van der Waals surface area contributed by atoms with Crippen LogP contribution in [0.25, 0.3) is 0 Å². The predicted molar refractivity (Wildman–Crippen MR) is 76.7 cm³/mol. The Morgan fingerprint density at radius 3 is 3.05 bits per heavy atom. The second-order valence-corrected chi connectivity index (χ2v) is 4.88. The molecule has 0 aliphatic heterocycles. The van der Waals surface area contributed by atoms with Crippen molar-refractivity contribution in [1.29, 1.82) is 0 Å². The minimum atomic E-state index is -0.452. The Balaban J connectivity index is 2.25. The molecule has 0 fully saturated rings. The summed E-state index contributed by atoms with van der Waals surface area (Å²) in [7, 11) is 0. The van der Waals surface area contributed by atoms with E-state index in [1.807, 2.05) is 12.3 Å². The molecule has 0 atom stereocenters. The fraction of sp³-hybridized carbons (Fsp3) is 0.583. The second kappa shape index (κ2) is 8.60. The van der Waals surface area contributed by atoms with Crippen molar-refractivity contribution in [1.82, 2.24) is 10.3 Å². The van der Waals surface area contributed by atoms with Gasteiger partial charge in [0.15, 0.2) is 0 Å². The van der Waals surface area contributed by atoms with Crippen molar-refractivity contribution < 1.29 is 9.90 Å². The molecule has 1 aromatic rings. The molecule has 106 valence electrons. The molecule has 1 aromatic heterocycles. The highest BCUT2D eigenvalue weighted by atomic mass is 32.1. The Kier molecular flexibility index (Phi) is 7.06. The van der Waals surface area contributed by atoms with E-state index in [1.165, 1.54) is 11.3 Å². The standard InChI is InChI=1S/C12H20N4O2S/c1-2-10(13)16-12-15-9(8-19-12)5-3-4-6-14-11(18)7-17/h8,17H,2-7H2,1H3,(H,14,18)(H2,13,15,16). The largest absolute Gasteiger partial charge is 0.387 e. The number of carbonyl (C=O) groups is 1. The Morgan fingerprint density at radius 2 is 2.37 bits per heavy atom. The molecule has 0 saturated heterocycles. The summed E-state index contributed by atoms with van der Waals surface area (Å²) in [5, 5.41) is 13.8. The van der Waals surface area contributed by atoms with Crippen LogP contribution >= 0.6 is 11.3 Å². The zero-order chi connectivity index (χ0) is 14.1. The lowest BCUT2D eigenvalue weighted by Gasteiger charge is -2.01. The maximum Gasteiger partial charge on any atom is 0.245 e. The summed E-state index contributed by atoms with van der Waals surface area (Å²) in [5.74, 6) is 0.257. The topological polar surface area (TPSA) is 101 Å². The van der Waals surface area contributed by atoms with E-state index < -0.39 is 6.61 Å². The number of nitrogens with two attached hydrogens (primary N) is 1. The third-order valence-electron chi connectivity index (χ3n) is 2.47. The molecule has 7 heteroatoms. The van der Waals surface area contributed by atoms with Crippen LogP contribution in [0.15, 0.2) is 10.4 Å². The van der Waals surface area contributed by atoms with Crippen molar-refractivity contribution in [3.63, 3.8) is 0 Å². The van der Waals surface area contributed by atoms with E-state index in [4.69, 9.17) is 10.8 Å². The Labute approximate surface area is 116 Å². The van der Waals surface area contributed by atoms with Crippen molar-refractivity contribution >= 4 is 28.2 Å². The second-order valence-electron chi connectivity index (χ2n) is 4.04. The maximum absolute atomic E-state index is 10.8. The molecule has 0 aromatic carbocycles. The van der Waals surface area contributed by atoms with Crippen LogP contribution < -0.4 is 11.1 Å². The first kappa shape index (κ1) is 15.6. The van der Waals surface area contributed by atoms with Gasteiger partial charge in [-0.3, -0.25) is 4.79 Å². The molecule has 19 heavy (non-hydrogen) atoms. The number of nitrogens with zero attached hydrogens (tertiary/aromatic N) is 2. The summed E-state index contributed by atoms with van der Waals surface area (Å²) in [4.78, 5) is 19.3. The van der Waals surface area contributed by atoms with E-state index in [9.17, 15) is 4.79 Å². The van der Waals surface area contributed by atoms with Gasteiger partial charge < -0.3 is 16.2 Å². The first-order valence-corrected chi connectivity index (χ1v) is 7.18. The predicted octanol–water partition coefficient (Wildman–Crippen LogP) is 0.973. The summed E-state index contributed by atoms with van der Waals surface area (Å²) in [5.41, 5.74) is 6.65. The van der Waals surface area contributed by atoms with E-state index in [1.54, 1.807) is 0 Å². The van der Waals surface area contributed by atoms with Crippen LogP contribution in [0, 0.1) is 0 Å². The SMILES string of the molecule is CC/C(N)=N/c1nc(CCCCNC(=O)CO)cs1. The molecular formula is C12H20N4O2S. The van der Waals surface area contributed by atoms with Crippen LogP contribution in [0.1, 0.15) is 31.9 Å². The number of nitrogens with one attached hydrogen (secondary N) is 1. The highest BCUT2D eigenvalue weighted by molar-refractivity contribution is 7.13. The normalized spacial score (nSPS) is 11.6. The number of amides is 1. The van der Waals surface area contributed by atoms with E-state index in [2.05, 4.69) is 15.3 Å². The van der Waals surface area contributed by atoms with Gasteiger partial charge in [-0.2, -0.15) is 0 Å². The third kappa shape index (κ3) is 6.30. The number of amidine groups is 1. The Bertz CT molecular complexity index is 431. The number of aliphatic hydroxyl groups is 1. The van der Waals surface area contributed by atoms with Crippen molar-refractivity contribution in [2.45, 2.75) is 32.6 Å². The average molecular weight is 284 g/mol. The van der Waals surface area contributed by atoms with Crippen LogP contribution in [-0.4, -0.2) is 35.0 Å². The van der Waals surface area contributed by atoms with E-state index >= 15 is 0 Å². The Hall–Kier alpha value is -1.47. The first-order valence-electron chi connectivity index (χ1n) is 6.30. The number of aliphatic hydroxyl groups excluding tert-OH is 1. The molecule has 0 unspecified atom stereocenters. The van der Waals surface area contributed by atoms with Crippen LogP contribution in [0.3, 0.4) is 0 Å². The van der Waals surface area contributed by atoms with Gasteiger partial charge in [0.25, 0.3) is 0 Å². The zero-order valence-corrected chi connectivity index (χ0v) is 11.9. The number of hydrogen-bond donors (Lipinski definition) is 3. The van der Waals surface area contributed by atoms with Gasteiger partial charge in [-0.15, -0.1) is 11.3 Å². The van der Waals surface area contributed by atoms with Gasteiger partial charge in [-0.05, 0) is 19.3 Å². The minimum absolute atomic E-state index is 0.333. The highest BCUT2D eigenvalue weighted by Gasteiger charge is 2.02. The molecule has 0 aliphatic carbocycles. The van der Waals surface area contributed by atoms with Crippen molar-refractivity contribution in [3.05, 3.63) is 11.1 Å². The van der Waals surface area contributed by atoms with Gasteiger partial charge in [-0.25, -0.2) is 9.98 Å². The monoisotopic (exact) mass is 284 g/mol. The lowest BCUT2D eigenvalue weighted by molar-refractivity contribution is -0.123. The molecule has 0 radical (unpaired) electrons. The number of carbonyl (C=O) groups excluding carboxylic acids is 1. The molecule has 4 N–H and O–H groups in total.